The minimum Gasteiger partial charge on any atom is -0.399 e. The number of nitrogen functional groups attached to an aromatic ring is 1. The van der Waals surface area contributed by atoms with E-state index in [1.807, 2.05) is 55.1 Å². The molecule has 0 heterocycles. The number of para-hydroxylation sites is 1. The molecule has 2 atom stereocenters. The molecule has 3 nitrogen and oxygen atoms in total. The van der Waals surface area contributed by atoms with E-state index in [4.69, 9.17) is 5.73 Å². The van der Waals surface area contributed by atoms with E-state index in [2.05, 4.69) is 32.9 Å². The van der Waals surface area contributed by atoms with Crippen molar-refractivity contribution in [1.29, 1.82) is 0 Å². The Kier molecular flexibility index (Phi) is 7.68. The van der Waals surface area contributed by atoms with Crippen molar-refractivity contribution >= 4 is 17.3 Å². The van der Waals surface area contributed by atoms with Gasteiger partial charge in [0.15, 0.2) is 0 Å². The van der Waals surface area contributed by atoms with Crippen LogP contribution in [0, 0.1) is 18.3 Å². The number of amides is 1. The minimum atomic E-state index is 0.0980. The molecule has 2 N–H and O–H groups in total. The maximum atomic E-state index is 13.6. The van der Waals surface area contributed by atoms with E-state index in [1.54, 1.807) is 0 Å². The highest BCUT2D eigenvalue weighted by Crippen LogP contribution is 2.47. The third-order valence-corrected chi connectivity index (χ3v) is 6.18. The fourth-order valence-corrected chi connectivity index (χ4v) is 4.22. The number of aryl methyl sites for hydroxylation is 1. The van der Waals surface area contributed by atoms with Crippen LogP contribution in [-0.2, 0) is 11.3 Å². The van der Waals surface area contributed by atoms with Crippen LogP contribution in [-0.4, -0.2) is 5.91 Å². The summed E-state index contributed by atoms with van der Waals surface area (Å²) in [5, 5.41) is 0. The number of carbonyl (C=O) groups is 1. The highest BCUT2D eigenvalue weighted by atomic mass is 16.2. The second kappa shape index (κ2) is 9.77. The van der Waals surface area contributed by atoms with E-state index < -0.39 is 0 Å². The first-order chi connectivity index (χ1) is 13.4. The summed E-state index contributed by atoms with van der Waals surface area (Å²) in [6, 6.07) is 16.0. The number of nitrogens with zero attached hydrogens (tertiary/aromatic N) is 1. The van der Waals surface area contributed by atoms with E-state index in [9.17, 15) is 4.79 Å². The van der Waals surface area contributed by atoms with Crippen molar-refractivity contribution in [3.8, 4) is 0 Å². The van der Waals surface area contributed by atoms with Crippen molar-refractivity contribution in [2.75, 3.05) is 10.6 Å². The molecule has 0 bridgehead atoms. The van der Waals surface area contributed by atoms with Gasteiger partial charge in [0.25, 0.3) is 0 Å². The fourth-order valence-electron chi connectivity index (χ4n) is 4.22. The van der Waals surface area contributed by atoms with Crippen molar-refractivity contribution in [2.45, 2.75) is 66.8 Å². The lowest BCUT2D eigenvalue weighted by atomic mass is 9.76. The monoisotopic (exact) mass is 380 g/mol. The molecule has 0 saturated heterocycles. The van der Waals surface area contributed by atoms with Gasteiger partial charge in [-0.1, -0.05) is 64.4 Å². The molecule has 1 fully saturated rings. The zero-order valence-electron chi connectivity index (χ0n) is 18.2. The Balaban J connectivity index is 0.00000136. The van der Waals surface area contributed by atoms with E-state index in [0.29, 0.717) is 6.54 Å². The molecule has 2 aromatic rings. The molecule has 0 radical (unpaired) electrons. The second-order valence-corrected chi connectivity index (χ2v) is 7.90. The third kappa shape index (κ3) is 4.76. The number of hydrogen-bond donors (Lipinski definition) is 1. The van der Waals surface area contributed by atoms with Gasteiger partial charge in [0.05, 0.1) is 6.54 Å². The Morgan fingerprint density at radius 2 is 1.79 bits per heavy atom. The SMILES string of the molecule is CC.CCC1(C)CCCC1C(=O)N(Cc1ccc(N)cc1)c1ccccc1C. The largest absolute Gasteiger partial charge is 0.399 e. The van der Waals surface area contributed by atoms with Gasteiger partial charge in [0.2, 0.25) is 5.91 Å². The second-order valence-electron chi connectivity index (χ2n) is 7.90. The molecule has 1 saturated carbocycles. The van der Waals surface area contributed by atoms with Crippen LogP contribution in [0.1, 0.15) is 64.5 Å². The first-order valence-corrected chi connectivity index (χ1v) is 10.7. The molecule has 0 aliphatic heterocycles. The van der Waals surface area contributed by atoms with E-state index in [-0.39, 0.29) is 17.2 Å². The zero-order chi connectivity index (χ0) is 20.7. The number of carbonyl (C=O) groups excluding carboxylic acids is 1. The standard InChI is InChI=1S/C23H30N2O.C2H6/c1-4-23(3)15-7-9-20(23)22(26)25(21-10-6-5-8-17(21)2)16-18-11-13-19(24)14-12-18;1-2/h5-6,8,10-14,20H,4,7,9,15-16,24H2,1-3H3;1-2H3. The molecule has 2 aromatic carbocycles. The molecule has 0 spiro atoms. The van der Waals surface area contributed by atoms with Crippen molar-refractivity contribution < 1.29 is 4.79 Å². The summed E-state index contributed by atoms with van der Waals surface area (Å²) in [6.07, 6.45) is 4.33. The molecular formula is C25H36N2O. The summed E-state index contributed by atoms with van der Waals surface area (Å²) in [6.45, 7) is 11.2. The topological polar surface area (TPSA) is 46.3 Å². The van der Waals surface area contributed by atoms with E-state index >= 15 is 0 Å². The van der Waals surface area contributed by atoms with Crippen LogP contribution in [0.2, 0.25) is 0 Å². The Hall–Kier alpha value is -2.29. The van der Waals surface area contributed by atoms with Crippen molar-refractivity contribution in [3.63, 3.8) is 0 Å². The first-order valence-electron chi connectivity index (χ1n) is 10.7. The zero-order valence-corrected chi connectivity index (χ0v) is 18.2. The van der Waals surface area contributed by atoms with Crippen LogP contribution in [0.25, 0.3) is 0 Å². The lowest BCUT2D eigenvalue weighted by Crippen LogP contribution is -2.41. The Labute approximate surface area is 170 Å². The number of rotatable bonds is 5. The normalized spacial score (nSPS) is 21.0. The molecule has 1 aliphatic carbocycles. The summed E-state index contributed by atoms with van der Waals surface area (Å²) >= 11 is 0. The third-order valence-electron chi connectivity index (χ3n) is 6.18. The van der Waals surface area contributed by atoms with Crippen LogP contribution < -0.4 is 10.6 Å². The molecule has 1 amide bonds. The molecule has 152 valence electrons. The van der Waals surface area contributed by atoms with Gasteiger partial charge in [0.1, 0.15) is 0 Å². The average molecular weight is 381 g/mol. The summed E-state index contributed by atoms with van der Waals surface area (Å²) in [5.41, 5.74) is 9.93. The predicted molar refractivity (Wildman–Crippen MR) is 120 cm³/mol. The maximum absolute atomic E-state index is 13.6. The lowest BCUT2D eigenvalue weighted by molar-refractivity contribution is -0.125. The molecule has 28 heavy (non-hydrogen) atoms. The number of benzene rings is 2. The number of nitrogens with two attached hydrogens (primary N) is 1. The summed E-state index contributed by atoms with van der Waals surface area (Å²) < 4.78 is 0. The minimum absolute atomic E-state index is 0.0980. The first kappa shape index (κ1) is 22.0. The molecular weight excluding hydrogens is 344 g/mol. The maximum Gasteiger partial charge on any atom is 0.230 e. The van der Waals surface area contributed by atoms with Crippen molar-refractivity contribution in [3.05, 3.63) is 59.7 Å². The smallest absolute Gasteiger partial charge is 0.230 e. The van der Waals surface area contributed by atoms with Gasteiger partial charge in [-0.05, 0) is 60.9 Å². The van der Waals surface area contributed by atoms with Crippen molar-refractivity contribution in [2.24, 2.45) is 11.3 Å². The molecule has 3 heteroatoms. The van der Waals surface area contributed by atoms with Gasteiger partial charge in [-0.2, -0.15) is 0 Å². The van der Waals surface area contributed by atoms with Crippen LogP contribution in [0.4, 0.5) is 11.4 Å². The van der Waals surface area contributed by atoms with Gasteiger partial charge >= 0.3 is 0 Å². The summed E-state index contributed by atoms with van der Waals surface area (Å²) in [7, 11) is 0. The lowest BCUT2D eigenvalue weighted by Gasteiger charge is -2.34. The average Bonchev–Trinajstić information content (AvgIpc) is 3.11. The molecule has 0 aromatic heterocycles. The number of hydrogen-bond acceptors (Lipinski definition) is 2. The quantitative estimate of drug-likeness (QED) is 0.614. The fraction of sp³-hybridized carbons (Fsp3) is 0.480. The Morgan fingerprint density at radius 1 is 1.14 bits per heavy atom. The highest BCUT2D eigenvalue weighted by Gasteiger charge is 2.43. The Bertz CT molecular complexity index is 768. The van der Waals surface area contributed by atoms with Crippen LogP contribution in [0.15, 0.2) is 48.5 Å². The van der Waals surface area contributed by atoms with Gasteiger partial charge in [-0.15, -0.1) is 0 Å². The Morgan fingerprint density at radius 3 is 2.39 bits per heavy atom. The van der Waals surface area contributed by atoms with Crippen LogP contribution >= 0.6 is 0 Å². The van der Waals surface area contributed by atoms with Crippen LogP contribution in [0.3, 0.4) is 0 Å². The highest BCUT2D eigenvalue weighted by molar-refractivity contribution is 5.96. The number of anilines is 2. The van der Waals surface area contributed by atoms with Gasteiger partial charge in [-0.25, -0.2) is 0 Å². The predicted octanol–water partition coefficient (Wildman–Crippen LogP) is 6.35. The molecule has 3 rings (SSSR count). The van der Waals surface area contributed by atoms with Gasteiger partial charge in [-0.3, -0.25) is 4.79 Å². The van der Waals surface area contributed by atoms with Crippen molar-refractivity contribution in [1.82, 2.24) is 0 Å². The van der Waals surface area contributed by atoms with Gasteiger partial charge in [0, 0.05) is 17.3 Å². The van der Waals surface area contributed by atoms with Gasteiger partial charge < -0.3 is 10.6 Å². The van der Waals surface area contributed by atoms with E-state index in [0.717, 1.165) is 48.2 Å². The molecule has 1 aliphatic rings. The molecule has 2 unspecified atom stereocenters. The van der Waals surface area contributed by atoms with Crippen LogP contribution in [0.5, 0.6) is 0 Å². The summed E-state index contributed by atoms with van der Waals surface area (Å²) in [4.78, 5) is 15.6. The summed E-state index contributed by atoms with van der Waals surface area (Å²) in [5.74, 6) is 0.360. The van der Waals surface area contributed by atoms with E-state index in [1.165, 1.54) is 0 Å².